The molecule has 0 aliphatic rings. The molecule has 0 fully saturated rings. The topological polar surface area (TPSA) is 54.9 Å². The zero-order valence-corrected chi connectivity index (χ0v) is 9.40. The summed E-state index contributed by atoms with van der Waals surface area (Å²) in [4.78, 5) is 11.3. The molecule has 0 saturated carbocycles. The Hall–Kier alpha value is -0.490. The molecule has 4 nitrogen and oxygen atoms in total. The minimum Gasteiger partial charge on any atom is -0.351 e. The van der Waals surface area contributed by atoms with Gasteiger partial charge in [-0.1, -0.05) is 20.4 Å². The normalized spacial score (nSPS) is 9.92. The maximum atomic E-state index is 11.3. The molecule has 72 valence electrons. The molecule has 0 aliphatic heterocycles. The number of hydrogen-bond donors (Lipinski definition) is 1. The third-order valence-corrected chi connectivity index (χ3v) is 2.50. The molecule has 1 amide bonds. The third-order valence-electron chi connectivity index (χ3n) is 1.44. The number of halogens is 1. The van der Waals surface area contributed by atoms with Crippen LogP contribution < -0.4 is 5.32 Å². The second kappa shape index (κ2) is 6.04. The SMILES string of the molecule is O=C(NCCCCBr)c1csnn1. The number of rotatable bonds is 5. The van der Waals surface area contributed by atoms with Crippen molar-refractivity contribution >= 4 is 33.4 Å². The average Bonchev–Trinajstić information content (AvgIpc) is 2.65. The number of nitrogens with one attached hydrogen (secondary N) is 1. The number of hydrogen-bond acceptors (Lipinski definition) is 4. The quantitative estimate of drug-likeness (QED) is 0.646. The summed E-state index contributed by atoms with van der Waals surface area (Å²) in [5.41, 5.74) is 0.406. The van der Waals surface area contributed by atoms with Crippen molar-refractivity contribution in [1.29, 1.82) is 0 Å². The summed E-state index contributed by atoms with van der Waals surface area (Å²) >= 11 is 4.50. The molecule has 0 unspecified atom stereocenters. The third kappa shape index (κ3) is 3.82. The van der Waals surface area contributed by atoms with E-state index in [1.54, 1.807) is 5.38 Å². The maximum absolute atomic E-state index is 11.3. The highest BCUT2D eigenvalue weighted by Gasteiger charge is 2.06. The average molecular weight is 264 g/mol. The predicted octanol–water partition coefficient (Wildman–Crippen LogP) is 1.44. The first-order valence-corrected chi connectivity index (χ1v) is 5.91. The molecule has 0 radical (unpaired) electrons. The van der Waals surface area contributed by atoms with E-state index in [0.717, 1.165) is 18.2 Å². The van der Waals surface area contributed by atoms with Gasteiger partial charge in [0, 0.05) is 17.3 Å². The van der Waals surface area contributed by atoms with Gasteiger partial charge < -0.3 is 5.32 Å². The van der Waals surface area contributed by atoms with Gasteiger partial charge in [0.25, 0.3) is 5.91 Å². The number of aromatic nitrogens is 2. The second-order valence-electron chi connectivity index (χ2n) is 2.44. The first kappa shape index (κ1) is 10.6. The van der Waals surface area contributed by atoms with Crippen molar-refractivity contribution in [3.05, 3.63) is 11.1 Å². The van der Waals surface area contributed by atoms with Gasteiger partial charge in [0.2, 0.25) is 0 Å². The van der Waals surface area contributed by atoms with Crippen LogP contribution >= 0.6 is 27.5 Å². The number of amides is 1. The van der Waals surface area contributed by atoms with Crippen LogP contribution in [0.4, 0.5) is 0 Å². The van der Waals surface area contributed by atoms with Gasteiger partial charge in [-0.3, -0.25) is 4.79 Å². The maximum Gasteiger partial charge on any atom is 0.272 e. The van der Waals surface area contributed by atoms with Crippen molar-refractivity contribution in [2.45, 2.75) is 12.8 Å². The number of carbonyl (C=O) groups is 1. The summed E-state index contributed by atoms with van der Waals surface area (Å²) in [6.07, 6.45) is 2.05. The Kier molecular flexibility index (Phi) is 4.92. The van der Waals surface area contributed by atoms with Crippen LogP contribution in [0.2, 0.25) is 0 Å². The van der Waals surface area contributed by atoms with Gasteiger partial charge >= 0.3 is 0 Å². The summed E-state index contributed by atoms with van der Waals surface area (Å²) in [5, 5.41) is 9.04. The Morgan fingerprint density at radius 1 is 1.62 bits per heavy atom. The molecule has 0 spiro atoms. The van der Waals surface area contributed by atoms with Gasteiger partial charge in [-0.15, -0.1) is 5.10 Å². The van der Waals surface area contributed by atoms with Gasteiger partial charge in [0.1, 0.15) is 0 Å². The van der Waals surface area contributed by atoms with Crippen molar-refractivity contribution in [3.8, 4) is 0 Å². The molecule has 0 aromatic carbocycles. The van der Waals surface area contributed by atoms with Crippen molar-refractivity contribution in [3.63, 3.8) is 0 Å². The smallest absolute Gasteiger partial charge is 0.272 e. The van der Waals surface area contributed by atoms with Crippen molar-refractivity contribution in [1.82, 2.24) is 14.9 Å². The molecule has 1 aromatic rings. The fourth-order valence-electron chi connectivity index (χ4n) is 0.776. The van der Waals surface area contributed by atoms with Crippen LogP contribution in [-0.4, -0.2) is 27.4 Å². The van der Waals surface area contributed by atoms with E-state index in [4.69, 9.17) is 0 Å². The van der Waals surface area contributed by atoms with Crippen LogP contribution in [0.5, 0.6) is 0 Å². The summed E-state index contributed by atoms with van der Waals surface area (Å²) in [7, 11) is 0. The van der Waals surface area contributed by atoms with Gasteiger partial charge in [0.05, 0.1) is 0 Å². The predicted molar refractivity (Wildman–Crippen MR) is 55.3 cm³/mol. The van der Waals surface area contributed by atoms with Crippen molar-refractivity contribution in [2.75, 3.05) is 11.9 Å². The lowest BCUT2D eigenvalue weighted by atomic mass is 10.3. The summed E-state index contributed by atoms with van der Waals surface area (Å²) in [6, 6.07) is 0. The van der Waals surface area contributed by atoms with Crippen LogP contribution in [0.15, 0.2) is 5.38 Å². The summed E-state index contributed by atoms with van der Waals surface area (Å²) in [5.74, 6) is -0.136. The van der Waals surface area contributed by atoms with Gasteiger partial charge in [-0.25, -0.2) is 0 Å². The van der Waals surface area contributed by atoms with Crippen LogP contribution in [0.3, 0.4) is 0 Å². The fourth-order valence-corrected chi connectivity index (χ4v) is 1.61. The molecule has 13 heavy (non-hydrogen) atoms. The molecule has 0 saturated heterocycles. The van der Waals surface area contributed by atoms with E-state index in [2.05, 4.69) is 30.8 Å². The number of alkyl halides is 1. The lowest BCUT2D eigenvalue weighted by molar-refractivity contribution is 0.0948. The highest BCUT2D eigenvalue weighted by Crippen LogP contribution is 1.97. The Morgan fingerprint density at radius 2 is 2.46 bits per heavy atom. The lowest BCUT2D eigenvalue weighted by Crippen LogP contribution is -2.24. The second-order valence-corrected chi connectivity index (χ2v) is 3.84. The molecule has 1 heterocycles. The zero-order valence-electron chi connectivity index (χ0n) is 6.99. The number of nitrogens with zero attached hydrogens (tertiary/aromatic N) is 2. The lowest BCUT2D eigenvalue weighted by Gasteiger charge is -2.00. The van der Waals surface area contributed by atoms with E-state index in [1.165, 1.54) is 11.5 Å². The minimum atomic E-state index is -0.136. The van der Waals surface area contributed by atoms with E-state index in [-0.39, 0.29) is 5.91 Å². The Bertz CT molecular complexity index is 252. The van der Waals surface area contributed by atoms with E-state index in [1.807, 2.05) is 0 Å². The molecule has 1 aromatic heterocycles. The molecular weight excluding hydrogens is 254 g/mol. The van der Waals surface area contributed by atoms with Gasteiger partial charge in [-0.05, 0) is 24.4 Å². The Balaban J connectivity index is 2.19. The van der Waals surface area contributed by atoms with Gasteiger partial charge in [0.15, 0.2) is 5.69 Å². The molecule has 6 heteroatoms. The minimum absolute atomic E-state index is 0.136. The van der Waals surface area contributed by atoms with Crippen LogP contribution in [-0.2, 0) is 0 Å². The van der Waals surface area contributed by atoms with E-state index >= 15 is 0 Å². The van der Waals surface area contributed by atoms with Gasteiger partial charge in [-0.2, -0.15) is 0 Å². The first-order chi connectivity index (χ1) is 6.34. The Morgan fingerprint density at radius 3 is 3.08 bits per heavy atom. The Labute approximate surface area is 89.0 Å². The first-order valence-electron chi connectivity index (χ1n) is 3.96. The summed E-state index contributed by atoms with van der Waals surface area (Å²) in [6.45, 7) is 0.696. The largest absolute Gasteiger partial charge is 0.351 e. The van der Waals surface area contributed by atoms with Crippen LogP contribution in [0.1, 0.15) is 23.3 Å². The van der Waals surface area contributed by atoms with Crippen LogP contribution in [0.25, 0.3) is 0 Å². The number of carbonyl (C=O) groups excluding carboxylic acids is 1. The van der Waals surface area contributed by atoms with Crippen molar-refractivity contribution in [2.24, 2.45) is 0 Å². The molecule has 0 bridgehead atoms. The van der Waals surface area contributed by atoms with E-state index < -0.39 is 0 Å². The summed E-state index contributed by atoms with van der Waals surface area (Å²) < 4.78 is 3.61. The van der Waals surface area contributed by atoms with Crippen LogP contribution in [0, 0.1) is 0 Å². The van der Waals surface area contributed by atoms with E-state index in [9.17, 15) is 4.79 Å². The highest BCUT2D eigenvalue weighted by atomic mass is 79.9. The molecule has 0 atom stereocenters. The molecular formula is C7H10BrN3OS. The molecule has 0 aliphatic carbocycles. The zero-order chi connectivity index (χ0) is 9.52. The van der Waals surface area contributed by atoms with Crippen molar-refractivity contribution < 1.29 is 4.79 Å². The fraction of sp³-hybridized carbons (Fsp3) is 0.571. The molecule has 1 rings (SSSR count). The highest BCUT2D eigenvalue weighted by molar-refractivity contribution is 9.09. The standard InChI is InChI=1S/C7H10BrN3OS/c8-3-1-2-4-9-7(12)6-5-13-11-10-6/h5H,1-4H2,(H,9,12). The molecule has 1 N–H and O–H groups in total. The number of unbranched alkanes of at least 4 members (excludes halogenated alkanes) is 1. The monoisotopic (exact) mass is 263 g/mol. The van der Waals surface area contributed by atoms with E-state index in [0.29, 0.717) is 12.2 Å².